The third kappa shape index (κ3) is 13.0. The van der Waals surface area contributed by atoms with Gasteiger partial charge in [0.05, 0.1) is 0 Å². The summed E-state index contributed by atoms with van der Waals surface area (Å²) in [5, 5.41) is 0. The molecule has 0 saturated carbocycles. The molecule has 3 heteroatoms. The molecular weight excluding hydrogens is 336 g/mol. The van der Waals surface area contributed by atoms with Gasteiger partial charge in [0.1, 0.15) is 0 Å². The molecule has 27 heavy (non-hydrogen) atoms. The highest BCUT2D eigenvalue weighted by molar-refractivity contribution is 5.30. The third-order valence-corrected chi connectivity index (χ3v) is 5.05. The molecule has 0 heterocycles. The van der Waals surface area contributed by atoms with Gasteiger partial charge in [-0.3, -0.25) is 0 Å². The number of ether oxygens (including phenoxy) is 3. The van der Waals surface area contributed by atoms with E-state index in [0.717, 1.165) is 19.8 Å². The molecule has 0 N–H and O–H groups in total. The number of unbranched alkanes of at least 4 members (excludes halogenated alkanes) is 6. The van der Waals surface area contributed by atoms with E-state index in [9.17, 15) is 0 Å². The summed E-state index contributed by atoms with van der Waals surface area (Å²) in [6.07, 6.45) is 14.6. The van der Waals surface area contributed by atoms with Crippen LogP contribution in [0.25, 0.3) is 0 Å². The molecule has 0 saturated heterocycles. The second-order valence-electron chi connectivity index (χ2n) is 7.57. The molecule has 0 aliphatic heterocycles. The topological polar surface area (TPSA) is 27.7 Å². The van der Waals surface area contributed by atoms with Crippen molar-refractivity contribution < 1.29 is 14.2 Å². The second-order valence-corrected chi connectivity index (χ2v) is 7.57. The van der Waals surface area contributed by atoms with Gasteiger partial charge in [0.25, 0.3) is 0 Å². The first-order valence-electron chi connectivity index (χ1n) is 10.9. The fraction of sp³-hybridized carbons (Fsp3) is 0.750. The average Bonchev–Trinajstić information content (AvgIpc) is 2.67. The first-order valence-corrected chi connectivity index (χ1v) is 10.9. The van der Waals surface area contributed by atoms with E-state index >= 15 is 0 Å². The number of benzene rings is 1. The number of rotatable bonds is 18. The molecule has 0 atom stereocenters. The molecule has 0 radical (unpaired) electrons. The van der Waals surface area contributed by atoms with Gasteiger partial charge in [0, 0.05) is 41.2 Å². The third-order valence-electron chi connectivity index (χ3n) is 5.05. The molecule has 1 aromatic carbocycles. The Bertz CT molecular complexity index is 380. The van der Waals surface area contributed by atoms with Gasteiger partial charge in [0.2, 0.25) is 0 Å². The molecule has 0 aromatic heterocycles. The van der Waals surface area contributed by atoms with E-state index in [1.165, 1.54) is 93.7 Å². The molecule has 0 amide bonds. The van der Waals surface area contributed by atoms with Crippen LogP contribution in [0.4, 0.5) is 0 Å². The maximum atomic E-state index is 5.16. The Labute approximate surface area is 167 Å². The van der Waals surface area contributed by atoms with Gasteiger partial charge in [-0.1, -0.05) is 37.5 Å². The molecule has 1 aromatic rings. The summed E-state index contributed by atoms with van der Waals surface area (Å²) in [5.41, 5.74) is 4.57. The highest BCUT2D eigenvalue weighted by atomic mass is 16.5. The lowest BCUT2D eigenvalue weighted by Gasteiger charge is -2.11. The van der Waals surface area contributed by atoms with E-state index < -0.39 is 0 Å². The largest absolute Gasteiger partial charge is 0.385 e. The summed E-state index contributed by atoms with van der Waals surface area (Å²) >= 11 is 0. The van der Waals surface area contributed by atoms with Crippen LogP contribution in [0, 0.1) is 0 Å². The zero-order valence-corrected chi connectivity index (χ0v) is 18.1. The lowest BCUT2D eigenvalue weighted by Crippen LogP contribution is -1.97. The van der Waals surface area contributed by atoms with Gasteiger partial charge in [-0.25, -0.2) is 0 Å². The number of hydrogen-bond donors (Lipinski definition) is 0. The normalized spacial score (nSPS) is 11.2. The fourth-order valence-corrected chi connectivity index (χ4v) is 3.53. The monoisotopic (exact) mass is 378 g/mol. The van der Waals surface area contributed by atoms with Crippen LogP contribution in [0.15, 0.2) is 18.2 Å². The van der Waals surface area contributed by atoms with E-state index in [4.69, 9.17) is 14.2 Å². The molecule has 0 spiro atoms. The van der Waals surface area contributed by atoms with E-state index in [-0.39, 0.29) is 0 Å². The standard InChI is InChI=1S/C24H42O3/c1-25-16-10-4-7-13-22-19-23(14-8-5-11-17-26-2)21-24(20-22)15-9-6-12-18-27-3/h19-21H,4-18H2,1-3H3. The lowest BCUT2D eigenvalue weighted by atomic mass is 9.95. The summed E-state index contributed by atoms with van der Waals surface area (Å²) < 4.78 is 15.5. The SMILES string of the molecule is COCCCCCc1cc(CCCCCOC)cc(CCCCCOC)c1. The van der Waals surface area contributed by atoms with Crippen LogP contribution >= 0.6 is 0 Å². The molecule has 156 valence electrons. The molecule has 1 rings (SSSR count). The highest BCUT2D eigenvalue weighted by Crippen LogP contribution is 2.18. The van der Waals surface area contributed by atoms with Crippen LogP contribution in [-0.4, -0.2) is 41.2 Å². The van der Waals surface area contributed by atoms with Crippen LogP contribution in [0.5, 0.6) is 0 Å². The van der Waals surface area contributed by atoms with Crippen molar-refractivity contribution in [2.24, 2.45) is 0 Å². The Kier molecular flexibility index (Phi) is 15.4. The average molecular weight is 379 g/mol. The molecule has 0 bridgehead atoms. The first-order chi connectivity index (χ1) is 13.3. The predicted molar refractivity (Wildman–Crippen MR) is 115 cm³/mol. The molecule has 3 nitrogen and oxygen atoms in total. The lowest BCUT2D eigenvalue weighted by molar-refractivity contribution is 0.192. The van der Waals surface area contributed by atoms with Crippen LogP contribution < -0.4 is 0 Å². The summed E-state index contributed by atoms with van der Waals surface area (Å²) in [6, 6.07) is 7.34. The maximum absolute atomic E-state index is 5.16. The van der Waals surface area contributed by atoms with Crippen molar-refractivity contribution in [2.45, 2.75) is 77.0 Å². The van der Waals surface area contributed by atoms with Gasteiger partial charge < -0.3 is 14.2 Å². The maximum Gasteiger partial charge on any atom is 0.0462 e. The van der Waals surface area contributed by atoms with Crippen molar-refractivity contribution >= 4 is 0 Å². The van der Waals surface area contributed by atoms with Crippen molar-refractivity contribution in [1.29, 1.82) is 0 Å². The minimum atomic E-state index is 0.883. The smallest absolute Gasteiger partial charge is 0.0462 e. The summed E-state index contributed by atoms with van der Waals surface area (Å²) in [5.74, 6) is 0. The van der Waals surface area contributed by atoms with E-state index in [2.05, 4.69) is 18.2 Å². The summed E-state index contributed by atoms with van der Waals surface area (Å²) in [4.78, 5) is 0. The Hall–Kier alpha value is -0.900. The van der Waals surface area contributed by atoms with Crippen LogP contribution in [0.3, 0.4) is 0 Å². The molecule has 0 unspecified atom stereocenters. The Balaban J connectivity index is 2.52. The van der Waals surface area contributed by atoms with E-state index in [1.54, 1.807) is 21.3 Å². The zero-order valence-electron chi connectivity index (χ0n) is 18.1. The van der Waals surface area contributed by atoms with Gasteiger partial charge >= 0.3 is 0 Å². The predicted octanol–water partition coefficient (Wildman–Crippen LogP) is 5.76. The molecule has 0 aliphatic rings. The van der Waals surface area contributed by atoms with Crippen molar-refractivity contribution in [3.63, 3.8) is 0 Å². The Morgan fingerprint density at radius 3 is 1.00 bits per heavy atom. The summed E-state index contributed by atoms with van der Waals surface area (Å²) in [7, 11) is 5.36. The highest BCUT2D eigenvalue weighted by Gasteiger charge is 2.03. The van der Waals surface area contributed by atoms with Gasteiger partial charge in [-0.2, -0.15) is 0 Å². The van der Waals surface area contributed by atoms with Crippen molar-refractivity contribution in [2.75, 3.05) is 41.2 Å². The van der Waals surface area contributed by atoms with Gasteiger partial charge in [-0.15, -0.1) is 0 Å². The van der Waals surface area contributed by atoms with Crippen LogP contribution in [0.2, 0.25) is 0 Å². The number of hydrogen-bond acceptors (Lipinski definition) is 3. The van der Waals surface area contributed by atoms with Crippen LogP contribution in [-0.2, 0) is 33.5 Å². The van der Waals surface area contributed by atoms with Crippen molar-refractivity contribution in [3.05, 3.63) is 34.9 Å². The van der Waals surface area contributed by atoms with Crippen molar-refractivity contribution in [3.8, 4) is 0 Å². The number of aryl methyl sites for hydroxylation is 3. The minimum absolute atomic E-state index is 0.883. The van der Waals surface area contributed by atoms with Crippen molar-refractivity contribution in [1.82, 2.24) is 0 Å². The van der Waals surface area contributed by atoms with Crippen LogP contribution in [0.1, 0.15) is 74.5 Å². The fourth-order valence-electron chi connectivity index (χ4n) is 3.53. The summed E-state index contributed by atoms with van der Waals surface area (Å²) in [6.45, 7) is 2.65. The molecular formula is C24H42O3. The molecule has 0 aliphatic carbocycles. The zero-order chi connectivity index (χ0) is 19.6. The van der Waals surface area contributed by atoms with Gasteiger partial charge in [0.15, 0.2) is 0 Å². The quantitative estimate of drug-likeness (QED) is 0.304. The first kappa shape index (κ1) is 24.1. The Morgan fingerprint density at radius 1 is 0.444 bits per heavy atom. The van der Waals surface area contributed by atoms with Gasteiger partial charge in [-0.05, 0) is 74.5 Å². The minimum Gasteiger partial charge on any atom is -0.385 e. The van der Waals surface area contributed by atoms with E-state index in [1.807, 2.05) is 0 Å². The number of methoxy groups -OCH3 is 3. The van der Waals surface area contributed by atoms with E-state index in [0.29, 0.717) is 0 Å². The molecule has 0 fully saturated rings. The second kappa shape index (κ2) is 17.2. The Morgan fingerprint density at radius 2 is 0.741 bits per heavy atom.